The van der Waals surface area contributed by atoms with Crippen LogP contribution in [-0.2, 0) is 13.5 Å². The molecular weight excluding hydrogens is 322 g/mol. The lowest BCUT2D eigenvalue weighted by Crippen LogP contribution is -2.02. The third kappa shape index (κ3) is 3.12. The molecule has 24 heavy (non-hydrogen) atoms. The van der Waals surface area contributed by atoms with E-state index in [9.17, 15) is 0 Å². The van der Waals surface area contributed by atoms with Crippen molar-refractivity contribution in [1.29, 1.82) is 0 Å². The summed E-state index contributed by atoms with van der Waals surface area (Å²) in [5.74, 6) is 0.506. The second-order valence-corrected chi connectivity index (χ2v) is 6.04. The Morgan fingerprint density at radius 1 is 1.21 bits per heavy atom. The Morgan fingerprint density at radius 3 is 2.50 bits per heavy atom. The number of nitrogen functional groups attached to an aromatic ring is 1. The fourth-order valence-electron chi connectivity index (χ4n) is 2.56. The molecule has 0 unspecified atom stereocenters. The molecule has 122 valence electrons. The lowest BCUT2D eigenvalue weighted by molar-refractivity contribution is 0.782. The van der Waals surface area contributed by atoms with Gasteiger partial charge >= 0.3 is 0 Å². The normalized spacial score (nSPS) is 10.8. The van der Waals surface area contributed by atoms with Gasteiger partial charge in [-0.2, -0.15) is 5.10 Å². The van der Waals surface area contributed by atoms with Gasteiger partial charge in [-0.3, -0.25) is 9.67 Å². The van der Waals surface area contributed by atoms with Crippen LogP contribution >= 0.6 is 11.6 Å². The van der Waals surface area contributed by atoms with Crippen molar-refractivity contribution < 1.29 is 0 Å². The van der Waals surface area contributed by atoms with E-state index in [2.05, 4.69) is 16.7 Å². The van der Waals surface area contributed by atoms with Crippen LogP contribution in [0.5, 0.6) is 0 Å². The van der Waals surface area contributed by atoms with Crippen LogP contribution in [0.3, 0.4) is 0 Å². The molecule has 0 spiro atoms. The maximum absolute atomic E-state index is 6.03. The maximum atomic E-state index is 6.03. The van der Waals surface area contributed by atoms with Gasteiger partial charge in [-0.15, -0.1) is 0 Å². The van der Waals surface area contributed by atoms with Gasteiger partial charge in [-0.05, 0) is 17.7 Å². The van der Waals surface area contributed by atoms with E-state index < -0.39 is 0 Å². The van der Waals surface area contributed by atoms with Gasteiger partial charge in [-0.1, -0.05) is 42.4 Å². The van der Waals surface area contributed by atoms with Crippen LogP contribution in [0.4, 0.5) is 5.82 Å². The SMILES string of the molecule is C=C(N)c1c(-c2ccc(Cc3ccc(Cl)cn3)cc2)nn(C)c1N. The molecule has 3 aromatic rings. The zero-order valence-corrected chi connectivity index (χ0v) is 14.1. The first-order valence-corrected chi connectivity index (χ1v) is 7.80. The zero-order valence-electron chi connectivity index (χ0n) is 13.3. The van der Waals surface area contributed by atoms with Gasteiger partial charge in [0.2, 0.25) is 0 Å². The van der Waals surface area contributed by atoms with Gasteiger partial charge in [0, 0.05) is 36.6 Å². The first-order valence-electron chi connectivity index (χ1n) is 7.42. The molecular formula is C18H18ClN5. The average Bonchev–Trinajstić information content (AvgIpc) is 2.86. The summed E-state index contributed by atoms with van der Waals surface area (Å²) >= 11 is 5.86. The van der Waals surface area contributed by atoms with E-state index in [1.165, 1.54) is 0 Å². The third-order valence-electron chi connectivity index (χ3n) is 3.81. The average molecular weight is 340 g/mol. The fraction of sp³-hybridized carbons (Fsp3) is 0.111. The molecule has 0 bridgehead atoms. The Labute approximate surface area is 145 Å². The van der Waals surface area contributed by atoms with Crippen LogP contribution < -0.4 is 11.5 Å². The van der Waals surface area contributed by atoms with Crippen molar-refractivity contribution in [2.45, 2.75) is 6.42 Å². The number of aromatic nitrogens is 3. The monoisotopic (exact) mass is 339 g/mol. The molecule has 0 atom stereocenters. The van der Waals surface area contributed by atoms with Gasteiger partial charge in [0.05, 0.1) is 10.6 Å². The number of benzene rings is 1. The zero-order chi connectivity index (χ0) is 17.3. The molecule has 0 aliphatic heterocycles. The highest BCUT2D eigenvalue weighted by Gasteiger charge is 2.16. The topological polar surface area (TPSA) is 82.8 Å². The largest absolute Gasteiger partial charge is 0.399 e. The van der Waals surface area contributed by atoms with Crippen molar-refractivity contribution in [3.05, 3.63) is 71.0 Å². The Morgan fingerprint density at radius 2 is 1.92 bits per heavy atom. The number of aryl methyl sites for hydroxylation is 1. The smallest absolute Gasteiger partial charge is 0.131 e. The summed E-state index contributed by atoms with van der Waals surface area (Å²) in [6.45, 7) is 3.79. The summed E-state index contributed by atoms with van der Waals surface area (Å²) < 4.78 is 1.61. The van der Waals surface area contributed by atoms with E-state index in [0.717, 1.165) is 28.9 Å². The van der Waals surface area contributed by atoms with Crippen LogP contribution in [-0.4, -0.2) is 14.8 Å². The lowest BCUT2D eigenvalue weighted by Gasteiger charge is -2.05. The number of rotatable bonds is 4. The molecule has 4 N–H and O–H groups in total. The predicted octanol–water partition coefficient (Wildman–Crippen LogP) is 3.24. The molecule has 2 aromatic heterocycles. The van der Waals surface area contributed by atoms with Crippen LogP contribution in [0.1, 0.15) is 16.8 Å². The first-order chi connectivity index (χ1) is 11.5. The number of hydrogen-bond donors (Lipinski definition) is 2. The van der Waals surface area contributed by atoms with E-state index in [1.807, 2.05) is 36.4 Å². The molecule has 1 aromatic carbocycles. The Balaban J connectivity index is 1.89. The standard InChI is InChI=1S/C18H18ClN5/c1-11(20)16-17(23-24(2)18(16)21)13-5-3-12(4-6-13)9-15-8-7-14(19)10-22-15/h3-8,10H,1,9,20-21H2,2H3. The van der Waals surface area contributed by atoms with Gasteiger partial charge in [0.25, 0.3) is 0 Å². The molecule has 0 saturated heterocycles. The second-order valence-electron chi connectivity index (χ2n) is 5.60. The minimum absolute atomic E-state index is 0.407. The molecule has 0 aliphatic carbocycles. The molecule has 5 nitrogen and oxygen atoms in total. The van der Waals surface area contributed by atoms with E-state index >= 15 is 0 Å². The van der Waals surface area contributed by atoms with Gasteiger partial charge in [0.1, 0.15) is 11.5 Å². The van der Waals surface area contributed by atoms with Crippen LogP contribution in [0.25, 0.3) is 17.0 Å². The van der Waals surface area contributed by atoms with Gasteiger partial charge in [-0.25, -0.2) is 0 Å². The van der Waals surface area contributed by atoms with Crippen LogP contribution in [0.15, 0.2) is 49.2 Å². The number of nitrogens with zero attached hydrogens (tertiary/aromatic N) is 3. The summed E-state index contributed by atoms with van der Waals surface area (Å²) in [4.78, 5) is 4.31. The van der Waals surface area contributed by atoms with E-state index in [1.54, 1.807) is 17.9 Å². The molecule has 0 fully saturated rings. The fourth-order valence-corrected chi connectivity index (χ4v) is 2.67. The second kappa shape index (κ2) is 6.37. The number of halogens is 1. The Bertz CT molecular complexity index is 879. The summed E-state index contributed by atoms with van der Waals surface area (Å²) in [6, 6.07) is 11.8. The molecule has 2 heterocycles. The number of pyridine rings is 1. The van der Waals surface area contributed by atoms with E-state index in [0.29, 0.717) is 22.1 Å². The summed E-state index contributed by atoms with van der Waals surface area (Å²) in [5, 5.41) is 5.08. The molecule has 0 aliphatic rings. The summed E-state index contributed by atoms with van der Waals surface area (Å²) in [5.41, 5.74) is 16.8. The van der Waals surface area contributed by atoms with Crippen LogP contribution in [0.2, 0.25) is 5.02 Å². The molecule has 0 amide bonds. The first kappa shape index (κ1) is 16.1. The summed E-state index contributed by atoms with van der Waals surface area (Å²) in [6.07, 6.45) is 2.39. The van der Waals surface area contributed by atoms with E-state index in [-0.39, 0.29) is 0 Å². The maximum Gasteiger partial charge on any atom is 0.131 e. The quantitative estimate of drug-likeness (QED) is 0.764. The number of hydrogen-bond acceptors (Lipinski definition) is 4. The number of nitrogens with two attached hydrogens (primary N) is 2. The molecule has 3 rings (SSSR count). The number of anilines is 1. The minimum Gasteiger partial charge on any atom is -0.399 e. The lowest BCUT2D eigenvalue weighted by atomic mass is 10.0. The Hall–Kier alpha value is -2.79. The summed E-state index contributed by atoms with van der Waals surface area (Å²) in [7, 11) is 1.78. The third-order valence-corrected chi connectivity index (χ3v) is 4.04. The Kier molecular flexibility index (Phi) is 4.27. The highest BCUT2D eigenvalue weighted by Crippen LogP contribution is 2.30. The van der Waals surface area contributed by atoms with Crippen molar-refractivity contribution in [2.75, 3.05) is 5.73 Å². The minimum atomic E-state index is 0.407. The molecule has 6 heteroatoms. The van der Waals surface area contributed by atoms with Gasteiger partial charge < -0.3 is 11.5 Å². The van der Waals surface area contributed by atoms with Crippen molar-refractivity contribution in [3.63, 3.8) is 0 Å². The van der Waals surface area contributed by atoms with Crippen molar-refractivity contribution in [3.8, 4) is 11.3 Å². The highest BCUT2D eigenvalue weighted by molar-refractivity contribution is 6.30. The van der Waals surface area contributed by atoms with Crippen molar-refractivity contribution in [1.82, 2.24) is 14.8 Å². The van der Waals surface area contributed by atoms with Crippen molar-refractivity contribution >= 4 is 23.1 Å². The highest BCUT2D eigenvalue weighted by atomic mass is 35.5. The van der Waals surface area contributed by atoms with Gasteiger partial charge in [0.15, 0.2) is 0 Å². The van der Waals surface area contributed by atoms with Crippen LogP contribution in [0, 0.1) is 0 Å². The van der Waals surface area contributed by atoms with E-state index in [4.69, 9.17) is 23.1 Å². The van der Waals surface area contributed by atoms with Crippen molar-refractivity contribution in [2.24, 2.45) is 12.8 Å². The molecule has 0 radical (unpaired) electrons. The molecule has 0 saturated carbocycles. The predicted molar refractivity (Wildman–Crippen MR) is 98.3 cm³/mol.